The van der Waals surface area contributed by atoms with Crippen LogP contribution in [0, 0.1) is 17.0 Å². The van der Waals surface area contributed by atoms with Gasteiger partial charge in [-0.2, -0.15) is 10.2 Å². The molecular weight excluding hydrogens is 256 g/mol. The van der Waals surface area contributed by atoms with Crippen LogP contribution in [0.1, 0.15) is 31.2 Å². The van der Waals surface area contributed by atoms with Crippen LogP contribution in [0.4, 0.5) is 11.4 Å². The van der Waals surface area contributed by atoms with Crippen LogP contribution in [-0.2, 0) is 0 Å². The molecule has 0 atom stereocenters. The van der Waals surface area contributed by atoms with Crippen molar-refractivity contribution in [3.63, 3.8) is 0 Å². The zero-order valence-corrected chi connectivity index (χ0v) is 11.9. The average molecular weight is 276 g/mol. The van der Waals surface area contributed by atoms with Gasteiger partial charge in [-0.3, -0.25) is 10.1 Å². The quantitative estimate of drug-likeness (QED) is 0.517. The van der Waals surface area contributed by atoms with Gasteiger partial charge in [-0.15, -0.1) is 0 Å². The van der Waals surface area contributed by atoms with Crippen LogP contribution in [-0.4, -0.2) is 24.1 Å². The molecule has 1 aromatic carbocycles. The molecule has 0 bridgehead atoms. The van der Waals surface area contributed by atoms with E-state index < -0.39 is 6.04 Å². The number of aryl methyl sites for hydroxylation is 1. The first-order chi connectivity index (χ1) is 9.60. The van der Waals surface area contributed by atoms with Gasteiger partial charge in [0.1, 0.15) is 0 Å². The van der Waals surface area contributed by atoms with Crippen molar-refractivity contribution in [2.75, 3.05) is 12.4 Å². The normalized spacial score (nSPS) is 22.9. The summed E-state index contributed by atoms with van der Waals surface area (Å²) in [7, 11) is 1.88. The summed E-state index contributed by atoms with van der Waals surface area (Å²) in [6, 6.07) is 5.66. The van der Waals surface area contributed by atoms with Gasteiger partial charge in [-0.25, -0.2) is 0 Å². The number of azo groups is 1. The minimum Gasteiger partial charge on any atom is -0.388 e. The number of benzene rings is 1. The summed E-state index contributed by atoms with van der Waals surface area (Å²) in [4.78, 5) is 10.5. The summed E-state index contributed by atoms with van der Waals surface area (Å²) < 4.78 is 0. The molecule has 1 saturated carbocycles. The van der Waals surface area contributed by atoms with E-state index >= 15 is 0 Å². The van der Waals surface area contributed by atoms with Crippen LogP contribution in [0.5, 0.6) is 0 Å². The van der Waals surface area contributed by atoms with Crippen molar-refractivity contribution in [2.45, 2.75) is 44.7 Å². The smallest absolute Gasteiger partial charge is 0.213 e. The SMILES string of the molecule is CNc1ccc(N=NC2CCC([N+](=O)[O-])CC2)c(C)c1. The summed E-state index contributed by atoms with van der Waals surface area (Å²) in [6.45, 7) is 2.00. The third-order valence-corrected chi connectivity index (χ3v) is 3.78. The maximum absolute atomic E-state index is 10.7. The van der Waals surface area contributed by atoms with Gasteiger partial charge in [0.25, 0.3) is 0 Å². The maximum atomic E-state index is 10.7. The van der Waals surface area contributed by atoms with Crippen LogP contribution < -0.4 is 5.32 Å². The first kappa shape index (κ1) is 14.4. The fraction of sp³-hybridized carbons (Fsp3) is 0.571. The van der Waals surface area contributed by atoms with E-state index in [1.54, 1.807) is 0 Å². The first-order valence-corrected chi connectivity index (χ1v) is 6.93. The Bertz CT molecular complexity index is 508. The Balaban J connectivity index is 1.95. The third kappa shape index (κ3) is 3.53. The number of hydrogen-bond acceptors (Lipinski definition) is 5. The predicted molar refractivity (Wildman–Crippen MR) is 78.3 cm³/mol. The van der Waals surface area contributed by atoms with Crippen LogP contribution in [0.15, 0.2) is 28.4 Å². The van der Waals surface area contributed by atoms with Crippen LogP contribution >= 0.6 is 0 Å². The molecule has 0 unspecified atom stereocenters. The Hall–Kier alpha value is -1.98. The molecule has 1 fully saturated rings. The van der Waals surface area contributed by atoms with Gasteiger partial charge in [0.15, 0.2) is 0 Å². The zero-order valence-electron chi connectivity index (χ0n) is 11.9. The van der Waals surface area contributed by atoms with E-state index in [0.717, 1.165) is 29.8 Å². The highest BCUT2D eigenvalue weighted by molar-refractivity contribution is 5.55. The molecule has 0 spiro atoms. The molecule has 6 nitrogen and oxygen atoms in total. The van der Waals surface area contributed by atoms with Gasteiger partial charge in [0, 0.05) is 30.5 Å². The Morgan fingerprint density at radius 3 is 2.55 bits per heavy atom. The number of rotatable bonds is 4. The second-order valence-corrected chi connectivity index (χ2v) is 5.21. The maximum Gasteiger partial charge on any atom is 0.213 e. The van der Waals surface area contributed by atoms with Gasteiger partial charge in [-0.05, 0) is 43.5 Å². The van der Waals surface area contributed by atoms with Crippen LogP contribution in [0.3, 0.4) is 0 Å². The fourth-order valence-electron chi connectivity index (χ4n) is 2.45. The summed E-state index contributed by atoms with van der Waals surface area (Å²) in [6.07, 6.45) is 2.72. The highest BCUT2D eigenvalue weighted by Crippen LogP contribution is 2.26. The number of anilines is 1. The lowest BCUT2D eigenvalue weighted by molar-refractivity contribution is -0.526. The molecule has 1 N–H and O–H groups in total. The molecule has 0 radical (unpaired) electrons. The highest BCUT2D eigenvalue weighted by Gasteiger charge is 2.28. The summed E-state index contributed by atoms with van der Waals surface area (Å²) in [5.41, 5.74) is 2.98. The van der Waals surface area contributed by atoms with E-state index in [1.165, 1.54) is 0 Å². The first-order valence-electron chi connectivity index (χ1n) is 6.93. The van der Waals surface area contributed by atoms with E-state index in [1.807, 2.05) is 32.2 Å². The van der Waals surface area contributed by atoms with Crippen molar-refractivity contribution in [3.8, 4) is 0 Å². The lowest BCUT2D eigenvalue weighted by Gasteiger charge is -2.19. The Labute approximate surface area is 118 Å². The second kappa shape index (κ2) is 6.45. The van der Waals surface area contributed by atoms with E-state index in [-0.39, 0.29) is 11.0 Å². The lowest BCUT2D eigenvalue weighted by atomic mass is 9.92. The van der Waals surface area contributed by atoms with Crippen molar-refractivity contribution >= 4 is 11.4 Å². The minimum atomic E-state index is -0.391. The van der Waals surface area contributed by atoms with Gasteiger partial charge >= 0.3 is 0 Å². The summed E-state index contributed by atoms with van der Waals surface area (Å²) >= 11 is 0. The van der Waals surface area contributed by atoms with E-state index in [4.69, 9.17) is 0 Å². The molecule has 0 heterocycles. The molecule has 20 heavy (non-hydrogen) atoms. The van der Waals surface area contributed by atoms with Crippen molar-refractivity contribution in [3.05, 3.63) is 33.9 Å². The number of nitrogens with zero attached hydrogens (tertiary/aromatic N) is 3. The molecule has 6 heteroatoms. The van der Waals surface area contributed by atoms with Crippen molar-refractivity contribution in [1.29, 1.82) is 0 Å². The second-order valence-electron chi connectivity index (χ2n) is 5.21. The van der Waals surface area contributed by atoms with Gasteiger partial charge in [-0.1, -0.05) is 0 Å². The van der Waals surface area contributed by atoms with Crippen molar-refractivity contribution in [1.82, 2.24) is 0 Å². The third-order valence-electron chi connectivity index (χ3n) is 3.78. The van der Waals surface area contributed by atoms with Gasteiger partial charge in [0.05, 0.1) is 11.7 Å². The Morgan fingerprint density at radius 2 is 2.00 bits per heavy atom. The number of nitrogens with one attached hydrogen (secondary N) is 1. The van der Waals surface area contributed by atoms with Crippen LogP contribution in [0.2, 0.25) is 0 Å². The summed E-state index contributed by atoms with van der Waals surface area (Å²) in [5.74, 6) is 0. The topological polar surface area (TPSA) is 79.9 Å². The molecule has 1 aliphatic carbocycles. The molecule has 1 aliphatic rings. The molecular formula is C14H20N4O2. The molecule has 0 amide bonds. The zero-order chi connectivity index (χ0) is 14.5. The lowest BCUT2D eigenvalue weighted by Crippen LogP contribution is -2.27. The summed E-state index contributed by atoms with van der Waals surface area (Å²) in [5, 5.41) is 22.4. The molecule has 0 aliphatic heterocycles. The molecule has 0 aromatic heterocycles. The van der Waals surface area contributed by atoms with Crippen LogP contribution in [0.25, 0.3) is 0 Å². The van der Waals surface area contributed by atoms with Crippen molar-refractivity contribution < 1.29 is 4.92 Å². The molecule has 1 aromatic rings. The fourth-order valence-corrected chi connectivity index (χ4v) is 2.45. The van der Waals surface area contributed by atoms with E-state index in [0.29, 0.717) is 12.8 Å². The average Bonchev–Trinajstić information content (AvgIpc) is 2.46. The Morgan fingerprint density at radius 1 is 1.30 bits per heavy atom. The largest absolute Gasteiger partial charge is 0.388 e. The van der Waals surface area contributed by atoms with Crippen molar-refractivity contribution in [2.24, 2.45) is 10.2 Å². The molecule has 108 valence electrons. The van der Waals surface area contributed by atoms with Gasteiger partial charge < -0.3 is 5.32 Å². The highest BCUT2D eigenvalue weighted by atomic mass is 16.6. The minimum absolute atomic E-state index is 0.120. The van der Waals surface area contributed by atoms with E-state index in [9.17, 15) is 10.1 Å². The van der Waals surface area contributed by atoms with Gasteiger partial charge in [0.2, 0.25) is 6.04 Å². The number of nitro groups is 1. The standard InChI is InChI=1S/C14H20N4O2/c1-10-9-12(15-2)5-8-14(10)17-16-11-3-6-13(7-4-11)18(19)20/h5,8-9,11,13,15H,3-4,6-7H2,1-2H3. The number of hydrogen-bond donors (Lipinski definition) is 1. The van der Waals surface area contributed by atoms with E-state index in [2.05, 4.69) is 15.5 Å². The predicted octanol–water partition coefficient (Wildman–Crippen LogP) is 3.71. The monoisotopic (exact) mass is 276 g/mol. The molecule has 2 rings (SSSR count). The molecule has 0 saturated heterocycles. The Kier molecular flexibility index (Phi) is 4.65.